The van der Waals surface area contributed by atoms with Gasteiger partial charge in [-0.2, -0.15) is 0 Å². The van der Waals surface area contributed by atoms with E-state index in [-0.39, 0.29) is 5.82 Å². The summed E-state index contributed by atoms with van der Waals surface area (Å²) in [5.74, 6) is 1.03. The molecule has 2 rings (SSSR count). The molecule has 0 spiro atoms. The van der Waals surface area contributed by atoms with Gasteiger partial charge in [0.25, 0.3) is 0 Å². The molecule has 17 heavy (non-hydrogen) atoms. The molecule has 0 atom stereocenters. The Morgan fingerprint density at radius 3 is 2.29 bits per heavy atom. The Labute approximate surface area is 102 Å². The van der Waals surface area contributed by atoms with Gasteiger partial charge in [-0.25, -0.2) is 4.39 Å². The van der Waals surface area contributed by atoms with Crippen molar-refractivity contribution in [1.29, 1.82) is 0 Å². The zero-order valence-electron chi connectivity index (χ0n) is 10.2. The second-order valence-electron chi connectivity index (χ2n) is 4.43. The van der Waals surface area contributed by atoms with E-state index in [1.165, 1.54) is 6.07 Å². The molecule has 0 aliphatic heterocycles. The van der Waals surface area contributed by atoms with Crippen LogP contribution in [-0.2, 0) is 6.42 Å². The Balaban J connectivity index is 2.38. The fraction of sp³-hybridized carbons (Fsp3) is 0.188. The first-order valence-corrected chi connectivity index (χ1v) is 5.80. The van der Waals surface area contributed by atoms with Crippen LogP contribution in [0.1, 0.15) is 30.5 Å². The van der Waals surface area contributed by atoms with E-state index in [9.17, 15) is 4.39 Å². The molecule has 2 aromatic carbocycles. The predicted octanol–water partition coefficient (Wildman–Crippen LogP) is 4.38. The lowest BCUT2D eigenvalue weighted by molar-refractivity contribution is 0.611. The van der Waals surface area contributed by atoms with Crippen LogP contribution in [0.15, 0.2) is 48.5 Å². The molecule has 0 fully saturated rings. The zero-order chi connectivity index (χ0) is 12.3. The van der Waals surface area contributed by atoms with Crippen molar-refractivity contribution < 1.29 is 4.39 Å². The van der Waals surface area contributed by atoms with Gasteiger partial charge in [0.05, 0.1) is 0 Å². The summed E-state index contributed by atoms with van der Waals surface area (Å²) in [7, 11) is 0. The molecule has 0 nitrogen and oxygen atoms in total. The van der Waals surface area contributed by atoms with Gasteiger partial charge in [0.15, 0.2) is 0 Å². The first-order chi connectivity index (χ1) is 8.18. The summed E-state index contributed by atoms with van der Waals surface area (Å²) in [5.41, 5.74) is 2.95. The third-order valence-corrected chi connectivity index (χ3v) is 2.88. The van der Waals surface area contributed by atoms with E-state index in [1.807, 2.05) is 50.2 Å². The molecule has 0 aromatic heterocycles. The van der Waals surface area contributed by atoms with Crippen molar-refractivity contribution in [3.05, 3.63) is 77.0 Å². The number of hydrogen-bond donors (Lipinski definition) is 0. The van der Waals surface area contributed by atoms with Gasteiger partial charge in [-0.1, -0.05) is 56.3 Å². The molecule has 1 radical (unpaired) electrons. The van der Waals surface area contributed by atoms with Crippen LogP contribution < -0.4 is 0 Å². The third-order valence-electron chi connectivity index (χ3n) is 2.88. The van der Waals surface area contributed by atoms with Crippen LogP contribution in [0.5, 0.6) is 0 Å². The Kier molecular flexibility index (Phi) is 3.58. The topological polar surface area (TPSA) is 0 Å². The molecule has 0 saturated carbocycles. The van der Waals surface area contributed by atoms with Gasteiger partial charge in [0.1, 0.15) is 5.82 Å². The number of rotatable bonds is 3. The molecule has 0 N–H and O–H groups in total. The van der Waals surface area contributed by atoms with Gasteiger partial charge >= 0.3 is 0 Å². The second kappa shape index (κ2) is 5.13. The summed E-state index contributed by atoms with van der Waals surface area (Å²) >= 11 is 0. The highest BCUT2D eigenvalue weighted by Gasteiger charge is 2.11. The molecule has 0 saturated heterocycles. The second-order valence-corrected chi connectivity index (χ2v) is 4.43. The van der Waals surface area contributed by atoms with Crippen molar-refractivity contribution >= 4 is 0 Å². The summed E-state index contributed by atoms with van der Waals surface area (Å²) in [6.45, 7) is 4.03. The standard InChI is InChI=1S/C16H16F/c1-12(2)14-9-6-10-16(17)15(14)11-13-7-4-3-5-8-13/h3-10H,11H2,1-2H3. The first kappa shape index (κ1) is 11.8. The maximum absolute atomic E-state index is 13.9. The molecule has 0 aliphatic rings. The van der Waals surface area contributed by atoms with Gasteiger partial charge in [-0.15, -0.1) is 0 Å². The average Bonchev–Trinajstić information content (AvgIpc) is 2.33. The van der Waals surface area contributed by atoms with Gasteiger partial charge in [0.2, 0.25) is 0 Å². The van der Waals surface area contributed by atoms with Crippen molar-refractivity contribution in [2.75, 3.05) is 0 Å². The lowest BCUT2D eigenvalue weighted by Crippen LogP contribution is -2.01. The van der Waals surface area contributed by atoms with Crippen molar-refractivity contribution in [2.45, 2.75) is 20.3 Å². The highest BCUT2D eigenvalue weighted by atomic mass is 19.1. The summed E-state index contributed by atoms with van der Waals surface area (Å²) in [4.78, 5) is 0. The first-order valence-electron chi connectivity index (χ1n) is 5.80. The van der Waals surface area contributed by atoms with E-state index in [0.29, 0.717) is 6.42 Å². The van der Waals surface area contributed by atoms with Crippen molar-refractivity contribution in [3.63, 3.8) is 0 Å². The Bertz CT molecular complexity index is 486. The van der Waals surface area contributed by atoms with E-state index in [1.54, 1.807) is 6.07 Å². The smallest absolute Gasteiger partial charge is 0.127 e. The summed E-state index contributed by atoms with van der Waals surface area (Å²) in [5, 5.41) is 0. The fourth-order valence-corrected chi connectivity index (χ4v) is 2.01. The van der Waals surface area contributed by atoms with Crippen LogP contribution >= 0.6 is 0 Å². The summed E-state index contributed by atoms with van der Waals surface area (Å²) in [6.07, 6.45) is 0.647. The monoisotopic (exact) mass is 227 g/mol. The van der Waals surface area contributed by atoms with Crippen LogP contribution in [0.25, 0.3) is 0 Å². The van der Waals surface area contributed by atoms with Gasteiger partial charge < -0.3 is 0 Å². The highest BCUT2D eigenvalue weighted by Crippen LogP contribution is 2.23. The zero-order valence-corrected chi connectivity index (χ0v) is 10.2. The van der Waals surface area contributed by atoms with Crippen molar-refractivity contribution in [2.24, 2.45) is 0 Å². The van der Waals surface area contributed by atoms with Crippen LogP contribution in [0, 0.1) is 11.7 Å². The molecule has 0 amide bonds. The van der Waals surface area contributed by atoms with Crippen molar-refractivity contribution in [1.82, 2.24) is 0 Å². The summed E-state index contributed by atoms with van der Waals surface area (Å²) < 4.78 is 13.9. The molecule has 2 aromatic rings. The van der Waals surface area contributed by atoms with Crippen molar-refractivity contribution in [3.8, 4) is 0 Å². The molecule has 0 unspecified atom stereocenters. The van der Waals surface area contributed by atoms with Crippen LogP contribution in [0.2, 0.25) is 0 Å². The lowest BCUT2D eigenvalue weighted by atomic mass is 9.92. The minimum Gasteiger partial charge on any atom is -0.207 e. The lowest BCUT2D eigenvalue weighted by Gasteiger charge is -2.13. The van der Waals surface area contributed by atoms with Gasteiger partial charge in [0, 0.05) is 6.42 Å². The Morgan fingerprint density at radius 1 is 0.941 bits per heavy atom. The fourth-order valence-electron chi connectivity index (χ4n) is 2.01. The van der Waals surface area contributed by atoms with E-state index < -0.39 is 0 Å². The van der Waals surface area contributed by atoms with Gasteiger partial charge in [-0.05, 0) is 28.7 Å². The molecular formula is C16H16F. The van der Waals surface area contributed by atoms with E-state index in [2.05, 4.69) is 0 Å². The molecule has 0 aliphatic carbocycles. The normalized spacial score (nSPS) is 10.8. The van der Waals surface area contributed by atoms with Crippen LogP contribution in [0.3, 0.4) is 0 Å². The largest absolute Gasteiger partial charge is 0.207 e. The van der Waals surface area contributed by atoms with Crippen LogP contribution in [0.4, 0.5) is 4.39 Å². The molecule has 0 heterocycles. The highest BCUT2D eigenvalue weighted by molar-refractivity contribution is 5.40. The van der Waals surface area contributed by atoms with E-state index in [4.69, 9.17) is 0 Å². The van der Waals surface area contributed by atoms with Gasteiger partial charge in [-0.3, -0.25) is 0 Å². The minimum absolute atomic E-state index is 0.118. The molecule has 87 valence electrons. The number of hydrogen-bond acceptors (Lipinski definition) is 0. The molecule has 1 heteroatoms. The number of benzene rings is 2. The van der Waals surface area contributed by atoms with E-state index in [0.717, 1.165) is 22.6 Å². The predicted molar refractivity (Wildman–Crippen MR) is 69.3 cm³/mol. The quantitative estimate of drug-likeness (QED) is 0.730. The Hall–Kier alpha value is -1.63. The third kappa shape index (κ3) is 2.73. The minimum atomic E-state index is -0.118. The number of halogens is 1. The van der Waals surface area contributed by atoms with Crippen LogP contribution in [-0.4, -0.2) is 0 Å². The maximum atomic E-state index is 13.9. The molecular weight excluding hydrogens is 211 g/mol. The average molecular weight is 227 g/mol. The maximum Gasteiger partial charge on any atom is 0.127 e. The SMILES string of the molecule is C[C](C)c1cccc(F)c1Cc1ccccc1. The molecule has 0 bridgehead atoms. The van der Waals surface area contributed by atoms with E-state index >= 15 is 0 Å². The summed E-state index contributed by atoms with van der Waals surface area (Å²) in [6, 6.07) is 15.3. The Morgan fingerprint density at radius 2 is 1.65 bits per heavy atom.